The highest BCUT2D eigenvalue weighted by Gasteiger charge is 2.19. The Kier molecular flexibility index (Phi) is 3.04. The largest absolute Gasteiger partial charge is 0.346 e. The highest BCUT2D eigenvalue weighted by atomic mass is 19.1. The number of H-pyrrole nitrogens is 1. The summed E-state index contributed by atoms with van der Waals surface area (Å²) in [5.41, 5.74) is 1.94. The predicted octanol–water partition coefficient (Wildman–Crippen LogP) is 2.73. The van der Waals surface area contributed by atoms with Crippen LogP contribution in [0.15, 0.2) is 18.5 Å². The second kappa shape index (κ2) is 4.69. The molecule has 3 heterocycles. The Morgan fingerprint density at radius 1 is 1.56 bits per heavy atom. The van der Waals surface area contributed by atoms with Crippen molar-refractivity contribution in [2.75, 3.05) is 13.1 Å². The lowest BCUT2D eigenvalue weighted by atomic mass is 10.1. The summed E-state index contributed by atoms with van der Waals surface area (Å²) in [6.07, 6.45) is 6.76. The average Bonchev–Trinajstić information content (AvgIpc) is 2.93. The molecular weight excluding hydrogens is 229 g/mol. The molecule has 0 bridgehead atoms. The van der Waals surface area contributed by atoms with Crippen molar-refractivity contribution in [3.05, 3.63) is 29.8 Å². The zero-order chi connectivity index (χ0) is 12.5. The summed E-state index contributed by atoms with van der Waals surface area (Å²) in [5, 5.41) is 0.918. The quantitative estimate of drug-likeness (QED) is 0.904. The minimum atomic E-state index is -0.266. The predicted molar refractivity (Wildman–Crippen MR) is 70.0 cm³/mol. The molecular formula is C14H18FN3. The van der Waals surface area contributed by atoms with Gasteiger partial charge in [0.25, 0.3) is 0 Å². The van der Waals surface area contributed by atoms with Gasteiger partial charge in [0.2, 0.25) is 0 Å². The normalized spacial score (nSPS) is 20.9. The Hall–Kier alpha value is -1.42. The molecule has 0 radical (unpaired) electrons. The van der Waals surface area contributed by atoms with Gasteiger partial charge >= 0.3 is 0 Å². The highest BCUT2D eigenvalue weighted by Crippen LogP contribution is 2.20. The van der Waals surface area contributed by atoms with Gasteiger partial charge in [-0.2, -0.15) is 0 Å². The molecule has 18 heavy (non-hydrogen) atoms. The Bertz CT molecular complexity index is 549. The number of rotatable bonds is 3. The first-order valence-corrected chi connectivity index (χ1v) is 6.59. The number of nitrogens with one attached hydrogen (secondary N) is 1. The third-order valence-corrected chi connectivity index (χ3v) is 3.94. The number of hydrogen-bond acceptors (Lipinski definition) is 2. The first kappa shape index (κ1) is 11.7. The van der Waals surface area contributed by atoms with E-state index in [1.54, 1.807) is 6.07 Å². The molecule has 3 nitrogen and oxygen atoms in total. The maximum Gasteiger partial charge on any atom is 0.142 e. The van der Waals surface area contributed by atoms with E-state index in [-0.39, 0.29) is 5.82 Å². The van der Waals surface area contributed by atoms with Gasteiger partial charge in [-0.05, 0) is 44.4 Å². The van der Waals surface area contributed by atoms with Gasteiger partial charge in [-0.1, -0.05) is 0 Å². The second-order valence-corrected chi connectivity index (χ2v) is 5.14. The molecule has 4 heteroatoms. The molecule has 0 saturated carbocycles. The average molecular weight is 247 g/mol. The van der Waals surface area contributed by atoms with E-state index in [2.05, 4.69) is 21.8 Å². The number of fused-ring (bicyclic) bond motifs is 1. The summed E-state index contributed by atoms with van der Waals surface area (Å²) in [6.45, 7) is 4.52. The molecule has 0 aliphatic carbocycles. The maximum absolute atomic E-state index is 13.2. The van der Waals surface area contributed by atoms with E-state index >= 15 is 0 Å². The van der Waals surface area contributed by atoms with Crippen LogP contribution in [0.2, 0.25) is 0 Å². The fourth-order valence-electron chi connectivity index (χ4n) is 2.83. The number of hydrogen-bond donors (Lipinski definition) is 1. The first-order chi connectivity index (χ1) is 8.74. The molecule has 0 spiro atoms. The van der Waals surface area contributed by atoms with Crippen molar-refractivity contribution < 1.29 is 4.39 Å². The van der Waals surface area contributed by atoms with Crippen molar-refractivity contribution >= 4 is 11.0 Å². The van der Waals surface area contributed by atoms with Gasteiger partial charge < -0.3 is 9.88 Å². The van der Waals surface area contributed by atoms with Crippen molar-refractivity contribution in [3.8, 4) is 0 Å². The summed E-state index contributed by atoms with van der Waals surface area (Å²) in [7, 11) is 0. The minimum absolute atomic E-state index is 0.266. The Balaban J connectivity index is 1.76. The minimum Gasteiger partial charge on any atom is -0.346 e. The maximum atomic E-state index is 13.2. The van der Waals surface area contributed by atoms with Crippen LogP contribution in [0.5, 0.6) is 0 Å². The zero-order valence-corrected chi connectivity index (χ0v) is 10.6. The van der Waals surface area contributed by atoms with E-state index in [9.17, 15) is 4.39 Å². The fourth-order valence-corrected chi connectivity index (χ4v) is 2.83. The van der Waals surface area contributed by atoms with Crippen LogP contribution in [0.4, 0.5) is 4.39 Å². The molecule has 2 aromatic heterocycles. The lowest BCUT2D eigenvalue weighted by Gasteiger charge is -2.20. The smallest absolute Gasteiger partial charge is 0.142 e. The van der Waals surface area contributed by atoms with Crippen LogP contribution in [-0.2, 0) is 6.42 Å². The van der Waals surface area contributed by atoms with E-state index < -0.39 is 0 Å². The van der Waals surface area contributed by atoms with Gasteiger partial charge in [0, 0.05) is 24.2 Å². The van der Waals surface area contributed by atoms with Crippen LogP contribution in [-0.4, -0.2) is 34.0 Å². The first-order valence-electron chi connectivity index (χ1n) is 6.59. The summed E-state index contributed by atoms with van der Waals surface area (Å²) in [4.78, 5) is 9.66. The van der Waals surface area contributed by atoms with Crippen LogP contribution in [0.3, 0.4) is 0 Å². The molecule has 1 N–H and O–H groups in total. The molecule has 1 fully saturated rings. The monoisotopic (exact) mass is 247 g/mol. The fraction of sp³-hybridized carbons (Fsp3) is 0.500. The van der Waals surface area contributed by atoms with Crippen molar-refractivity contribution in [2.45, 2.75) is 32.2 Å². The van der Waals surface area contributed by atoms with E-state index in [1.807, 2.05) is 6.20 Å². The van der Waals surface area contributed by atoms with Gasteiger partial charge in [-0.3, -0.25) is 0 Å². The standard InChI is InChI=1S/C14H18FN3/c1-10-3-2-5-18(10)6-4-11-8-16-14-13(11)7-12(15)9-17-14/h7-10H,2-6H2,1H3,(H,16,17). The van der Waals surface area contributed by atoms with E-state index in [0.29, 0.717) is 6.04 Å². The summed E-state index contributed by atoms with van der Waals surface area (Å²) >= 11 is 0. The number of likely N-dealkylation sites (tertiary alicyclic amines) is 1. The van der Waals surface area contributed by atoms with Gasteiger partial charge in [-0.15, -0.1) is 0 Å². The van der Waals surface area contributed by atoms with Crippen LogP contribution in [0.25, 0.3) is 11.0 Å². The molecule has 2 aromatic rings. The molecule has 0 aromatic carbocycles. The van der Waals surface area contributed by atoms with Crippen LogP contribution >= 0.6 is 0 Å². The topological polar surface area (TPSA) is 31.9 Å². The van der Waals surface area contributed by atoms with Gasteiger partial charge in [-0.25, -0.2) is 9.37 Å². The van der Waals surface area contributed by atoms with Crippen LogP contribution in [0, 0.1) is 5.82 Å². The Morgan fingerprint density at radius 2 is 2.44 bits per heavy atom. The number of aromatic nitrogens is 2. The molecule has 96 valence electrons. The summed E-state index contributed by atoms with van der Waals surface area (Å²) in [6, 6.07) is 2.26. The highest BCUT2D eigenvalue weighted by molar-refractivity contribution is 5.79. The van der Waals surface area contributed by atoms with Crippen molar-refractivity contribution in [2.24, 2.45) is 0 Å². The van der Waals surface area contributed by atoms with E-state index in [0.717, 1.165) is 29.6 Å². The summed E-state index contributed by atoms with van der Waals surface area (Å²) < 4.78 is 13.2. The third kappa shape index (κ3) is 2.12. The Labute approximate surface area is 106 Å². The van der Waals surface area contributed by atoms with E-state index in [1.165, 1.54) is 25.6 Å². The third-order valence-electron chi connectivity index (χ3n) is 3.94. The van der Waals surface area contributed by atoms with Crippen molar-refractivity contribution in [1.82, 2.24) is 14.9 Å². The molecule has 1 atom stereocenters. The number of pyridine rings is 1. The van der Waals surface area contributed by atoms with Crippen molar-refractivity contribution in [3.63, 3.8) is 0 Å². The van der Waals surface area contributed by atoms with Gasteiger partial charge in [0.1, 0.15) is 11.5 Å². The number of halogens is 1. The summed E-state index contributed by atoms with van der Waals surface area (Å²) in [5.74, 6) is -0.266. The van der Waals surface area contributed by atoms with Crippen LogP contribution in [0.1, 0.15) is 25.3 Å². The molecule has 1 aliphatic rings. The van der Waals surface area contributed by atoms with Gasteiger partial charge in [0.05, 0.1) is 6.20 Å². The molecule has 1 unspecified atom stereocenters. The van der Waals surface area contributed by atoms with Crippen LogP contribution < -0.4 is 0 Å². The zero-order valence-electron chi connectivity index (χ0n) is 10.6. The van der Waals surface area contributed by atoms with E-state index in [4.69, 9.17) is 0 Å². The van der Waals surface area contributed by atoms with Crippen molar-refractivity contribution in [1.29, 1.82) is 0 Å². The molecule has 0 amide bonds. The lowest BCUT2D eigenvalue weighted by Crippen LogP contribution is -2.28. The molecule has 1 aliphatic heterocycles. The molecule has 1 saturated heterocycles. The second-order valence-electron chi connectivity index (χ2n) is 5.14. The lowest BCUT2D eigenvalue weighted by molar-refractivity contribution is 0.272. The number of aromatic amines is 1. The Morgan fingerprint density at radius 3 is 3.22 bits per heavy atom. The number of nitrogens with zero attached hydrogens (tertiary/aromatic N) is 2. The SMILES string of the molecule is CC1CCCN1CCc1c[nH]c2ncc(F)cc12. The molecule has 3 rings (SSSR count). The van der Waals surface area contributed by atoms with Gasteiger partial charge in [0.15, 0.2) is 0 Å².